The average molecular weight is 398 g/mol. The van der Waals surface area contributed by atoms with Crippen LogP contribution in [0.2, 0.25) is 0 Å². The highest BCUT2D eigenvalue weighted by Crippen LogP contribution is 2.36. The van der Waals surface area contributed by atoms with Crippen molar-refractivity contribution in [3.05, 3.63) is 40.7 Å². The monoisotopic (exact) mass is 398 g/mol. The molecule has 7 nitrogen and oxygen atoms in total. The first kappa shape index (κ1) is 19.4. The second-order valence-corrected chi connectivity index (χ2v) is 7.76. The van der Waals surface area contributed by atoms with Crippen LogP contribution in [0, 0.1) is 13.8 Å². The molecule has 1 fully saturated rings. The molecular formula is C22H26N2O5. The molecule has 2 aromatic rings. The van der Waals surface area contributed by atoms with Crippen LogP contribution in [-0.4, -0.2) is 35.6 Å². The summed E-state index contributed by atoms with van der Waals surface area (Å²) >= 11 is 0. The molecule has 1 aromatic heterocycles. The van der Waals surface area contributed by atoms with Crippen molar-refractivity contribution in [2.24, 2.45) is 0 Å². The Morgan fingerprint density at radius 3 is 2.52 bits per heavy atom. The third kappa shape index (κ3) is 3.95. The highest BCUT2D eigenvalue weighted by molar-refractivity contribution is 6.02. The van der Waals surface area contributed by atoms with E-state index >= 15 is 0 Å². The van der Waals surface area contributed by atoms with Gasteiger partial charge in [0.15, 0.2) is 17.3 Å². The summed E-state index contributed by atoms with van der Waals surface area (Å²) in [5, 5.41) is 3.13. The van der Waals surface area contributed by atoms with Gasteiger partial charge in [-0.3, -0.25) is 9.59 Å². The summed E-state index contributed by atoms with van der Waals surface area (Å²) < 4.78 is 16.8. The van der Waals surface area contributed by atoms with Crippen molar-refractivity contribution in [1.29, 1.82) is 0 Å². The van der Waals surface area contributed by atoms with E-state index in [0.717, 1.165) is 42.9 Å². The highest BCUT2D eigenvalue weighted by Gasteiger charge is 2.27. The summed E-state index contributed by atoms with van der Waals surface area (Å²) in [6.07, 6.45) is 3.54. The Morgan fingerprint density at radius 2 is 1.83 bits per heavy atom. The lowest BCUT2D eigenvalue weighted by Gasteiger charge is -2.29. The van der Waals surface area contributed by atoms with Crippen LogP contribution in [0.4, 0.5) is 0 Å². The van der Waals surface area contributed by atoms with E-state index in [1.54, 1.807) is 0 Å². The Labute approximate surface area is 169 Å². The van der Waals surface area contributed by atoms with Gasteiger partial charge in [0, 0.05) is 24.7 Å². The minimum atomic E-state index is -0.121. The van der Waals surface area contributed by atoms with Gasteiger partial charge in [0.05, 0.1) is 17.4 Å². The second-order valence-electron chi connectivity index (χ2n) is 7.76. The maximum atomic E-state index is 12.8. The lowest BCUT2D eigenvalue weighted by atomic mass is 9.92. The highest BCUT2D eigenvalue weighted by atomic mass is 16.7. The number of aryl methyl sites for hydroxylation is 1. The van der Waals surface area contributed by atoms with Gasteiger partial charge in [-0.25, -0.2) is 0 Å². The number of fused-ring (bicyclic) bond motifs is 1. The number of hydrogen-bond donors (Lipinski definition) is 2. The molecule has 29 heavy (non-hydrogen) atoms. The van der Waals surface area contributed by atoms with Crippen LogP contribution >= 0.6 is 0 Å². The summed E-state index contributed by atoms with van der Waals surface area (Å²) in [5.74, 6) is 2.05. The summed E-state index contributed by atoms with van der Waals surface area (Å²) in [4.78, 5) is 27.5. The Hall–Kier alpha value is -2.96. The number of benzene rings is 1. The zero-order valence-corrected chi connectivity index (χ0v) is 17.0. The molecule has 0 spiro atoms. The van der Waals surface area contributed by atoms with Crippen molar-refractivity contribution in [3.8, 4) is 17.2 Å². The molecule has 2 aliphatic rings. The molecule has 1 aliphatic carbocycles. The molecule has 1 amide bonds. The molecule has 1 aromatic carbocycles. The van der Waals surface area contributed by atoms with Gasteiger partial charge in [-0.05, 0) is 57.2 Å². The minimum Gasteiger partial charge on any atom is -0.490 e. The van der Waals surface area contributed by atoms with Crippen molar-refractivity contribution in [1.82, 2.24) is 10.3 Å². The van der Waals surface area contributed by atoms with E-state index in [0.29, 0.717) is 22.6 Å². The summed E-state index contributed by atoms with van der Waals surface area (Å²) in [6, 6.07) is 5.72. The van der Waals surface area contributed by atoms with Crippen LogP contribution in [0.25, 0.3) is 0 Å². The van der Waals surface area contributed by atoms with Gasteiger partial charge >= 0.3 is 0 Å². The Morgan fingerprint density at radius 1 is 1.10 bits per heavy atom. The minimum absolute atomic E-state index is 0.0641. The number of H-pyrrole nitrogens is 1. The van der Waals surface area contributed by atoms with Gasteiger partial charge < -0.3 is 24.5 Å². The van der Waals surface area contributed by atoms with Crippen LogP contribution in [0.1, 0.15) is 64.7 Å². The molecule has 0 saturated heterocycles. The number of ether oxygens (including phenoxy) is 3. The van der Waals surface area contributed by atoms with Crippen LogP contribution < -0.4 is 19.5 Å². The zero-order chi connectivity index (χ0) is 20.5. The topological polar surface area (TPSA) is 89.7 Å². The molecular weight excluding hydrogens is 372 g/mol. The second kappa shape index (κ2) is 7.81. The molecule has 0 radical (unpaired) electrons. The zero-order valence-electron chi connectivity index (χ0n) is 17.0. The number of aromatic amines is 1. The van der Waals surface area contributed by atoms with Crippen molar-refractivity contribution < 1.29 is 23.8 Å². The third-order valence-corrected chi connectivity index (χ3v) is 5.67. The third-order valence-electron chi connectivity index (χ3n) is 5.67. The first-order valence-corrected chi connectivity index (χ1v) is 9.99. The molecule has 7 heteroatoms. The molecule has 1 saturated carbocycles. The number of Topliss-reactive ketones (excluding diaryl/α,β-unsaturated/α-hetero) is 1. The Kier molecular flexibility index (Phi) is 5.22. The van der Waals surface area contributed by atoms with Crippen molar-refractivity contribution >= 4 is 11.7 Å². The summed E-state index contributed by atoms with van der Waals surface area (Å²) in [6.45, 7) is 5.38. The first-order chi connectivity index (χ1) is 13.9. The number of ketones is 1. The lowest BCUT2D eigenvalue weighted by Crippen LogP contribution is -2.40. The van der Waals surface area contributed by atoms with E-state index in [-0.39, 0.29) is 30.6 Å². The predicted molar refractivity (Wildman–Crippen MR) is 107 cm³/mol. The van der Waals surface area contributed by atoms with Crippen LogP contribution in [0.15, 0.2) is 18.2 Å². The molecule has 2 N–H and O–H groups in total. The van der Waals surface area contributed by atoms with Crippen LogP contribution in [0.5, 0.6) is 17.2 Å². The van der Waals surface area contributed by atoms with Gasteiger partial charge in [-0.15, -0.1) is 0 Å². The van der Waals surface area contributed by atoms with Gasteiger partial charge in [0.25, 0.3) is 5.91 Å². The lowest BCUT2D eigenvalue weighted by molar-refractivity contribution is 0.0892. The number of rotatable bonds is 5. The van der Waals surface area contributed by atoms with Gasteiger partial charge in [0.1, 0.15) is 5.75 Å². The van der Waals surface area contributed by atoms with Gasteiger partial charge in [-0.2, -0.15) is 0 Å². The number of carbonyl (C=O) groups is 2. The number of aromatic nitrogens is 1. The molecule has 0 unspecified atom stereocenters. The molecule has 4 rings (SSSR count). The fourth-order valence-corrected chi connectivity index (χ4v) is 4.17. The van der Waals surface area contributed by atoms with E-state index in [9.17, 15) is 9.59 Å². The number of nitrogens with one attached hydrogen (secondary N) is 2. The number of amides is 1. The van der Waals surface area contributed by atoms with Crippen LogP contribution in [-0.2, 0) is 0 Å². The standard InChI is InChI=1S/C22H26N2O5/c1-12-20(13(2)23-21(12)14(3)25)22(26)24-15-4-6-16(7-5-15)29-17-8-9-18-19(10-17)28-11-27-18/h8-10,15-16,23H,4-7,11H2,1-3H3,(H,24,26). The van der Waals surface area contributed by atoms with Gasteiger partial charge in [-0.1, -0.05) is 0 Å². The fourth-order valence-electron chi connectivity index (χ4n) is 4.17. The molecule has 1 aliphatic heterocycles. The molecule has 2 heterocycles. The van der Waals surface area contributed by atoms with Crippen molar-refractivity contribution in [2.75, 3.05) is 6.79 Å². The summed E-state index contributed by atoms with van der Waals surface area (Å²) in [7, 11) is 0. The van der Waals surface area contributed by atoms with Crippen molar-refractivity contribution in [2.45, 2.75) is 58.6 Å². The smallest absolute Gasteiger partial charge is 0.253 e. The largest absolute Gasteiger partial charge is 0.490 e. The first-order valence-electron chi connectivity index (χ1n) is 9.99. The van der Waals surface area contributed by atoms with E-state index < -0.39 is 0 Å². The van der Waals surface area contributed by atoms with Gasteiger partial charge in [0.2, 0.25) is 6.79 Å². The molecule has 154 valence electrons. The van der Waals surface area contributed by atoms with E-state index in [2.05, 4.69) is 10.3 Å². The quantitative estimate of drug-likeness (QED) is 0.750. The number of hydrogen-bond acceptors (Lipinski definition) is 5. The SMILES string of the molecule is CC(=O)c1[nH]c(C)c(C(=O)NC2CCC(Oc3ccc4c(c3)OCO4)CC2)c1C. The average Bonchev–Trinajstić information content (AvgIpc) is 3.26. The van der Waals surface area contributed by atoms with E-state index in [1.165, 1.54) is 6.92 Å². The van der Waals surface area contributed by atoms with E-state index in [4.69, 9.17) is 14.2 Å². The normalized spacial score (nSPS) is 20.4. The predicted octanol–water partition coefficient (Wildman–Crippen LogP) is 3.68. The summed E-state index contributed by atoms with van der Waals surface area (Å²) in [5.41, 5.74) is 2.53. The van der Waals surface area contributed by atoms with Crippen LogP contribution in [0.3, 0.4) is 0 Å². The Balaban J connectivity index is 1.32. The maximum Gasteiger partial charge on any atom is 0.253 e. The maximum absolute atomic E-state index is 12.8. The molecule has 0 atom stereocenters. The van der Waals surface area contributed by atoms with E-state index in [1.807, 2.05) is 32.0 Å². The fraction of sp³-hybridized carbons (Fsp3) is 0.455. The van der Waals surface area contributed by atoms with Crippen molar-refractivity contribution in [3.63, 3.8) is 0 Å². The number of carbonyl (C=O) groups excluding carboxylic acids is 2. The molecule has 0 bridgehead atoms. The Bertz CT molecular complexity index is 941.